The van der Waals surface area contributed by atoms with Gasteiger partial charge in [-0.05, 0) is 41.5 Å². The van der Waals surface area contributed by atoms with E-state index in [1.807, 2.05) is 0 Å². The van der Waals surface area contributed by atoms with Crippen molar-refractivity contribution in [3.8, 4) is 0 Å². The van der Waals surface area contributed by atoms with Crippen molar-refractivity contribution in [1.29, 1.82) is 0 Å². The zero-order valence-corrected chi connectivity index (χ0v) is 13.4. The van der Waals surface area contributed by atoms with E-state index in [1.54, 1.807) is 0 Å². The minimum absolute atomic E-state index is 0.654. The molecule has 0 nitrogen and oxygen atoms in total. The molecular weight excluding hydrogens is 312 g/mol. The minimum atomic E-state index is 0.654. The molecule has 1 saturated heterocycles. The molecular formula is C14H19BrS2. The average Bonchev–Trinajstić information content (AvgIpc) is 2.38. The molecule has 2 rings (SSSR count). The summed E-state index contributed by atoms with van der Waals surface area (Å²) in [6, 6.07) is 8.81. The molecule has 1 aliphatic heterocycles. The maximum atomic E-state index is 3.49. The first kappa shape index (κ1) is 13.8. The summed E-state index contributed by atoms with van der Waals surface area (Å²) in [5.74, 6) is 3.62. The standard InChI is InChI=1S/C14H19BrS2/c1-2-3-4-11-9-16-14(17-10-11)12-5-7-13(15)8-6-12/h5-8,11,14H,2-4,9-10H2,1H3. The van der Waals surface area contributed by atoms with Crippen LogP contribution in [0.25, 0.3) is 0 Å². The molecule has 0 bridgehead atoms. The highest BCUT2D eigenvalue weighted by atomic mass is 79.9. The van der Waals surface area contributed by atoms with Gasteiger partial charge in [0.1, 0.15) is 0 Å². The highest BCUT2D eigenvalue weighted by Gasteiger charge is 2.22. The fraction of sp³-hybridized carbons (Fsp3) is 0.571. The lowest BCUT2D eigenvalue weighted by Gasteiger charge is -2.28. The van der Waals surface area contributed by atoms with Gasteiger partial charge in [-0.25, -0.2) is 0 Å². The Balaban J connectivity index is 1.84. The van der Waals surface area contributed by atoms with Crippen molar-refractivity contribution in [3.63, 3.8) is 0 Å². The van der Waals surface area contributed by atoms with Crippen LogP contribution in [0.5, 0.6) is 0 Å². The van der Waals surface area contributed by atoms with E-state index in [-0.39, 0.29) is 0 Å². The second-order valence-corrected chi connectivity index (χ2v) is 8.05. The number of hydrogen-bond donors (Lipinski definition) is 0. The van der Waals surface area contributed by atoms with Crippen LogP contribution in [0.3, 0.4) is 0 Å². The first-order valence-corrected chi connectivity index (χ1v) is 9.17. The second-order valence-electron chi connectivity index (χ2n) is 4.56. The van der Waals surface area contributed by atoms with Gasteiger partial charge in [-0.15, -0.1) is 23.5 Å². The van der Waals surface area contributed by atoms with Crippen molar-refractivity contribution >= 4 is 39.5 Å². The van der Waals surface area contributed by atoms with Crippen molar-refractivity contribution in [2.45, 2.75) is 30.8 Å². The van der Waals surface area contributed by atoms with E-state index in [0.29, 0.717) is 4.58 Å². The Hall–Kier alpha value is 0.400. The van der Waals surface area contributed by atoms with E-state index in [1.165, 1.54) is 40.8 Å². The maximum Gasteiger partial charge on any atom is 0.0751 e. The highest BCUT2D eigenvalue weighted by Crippen LogP contribution is 2.46. The SMILES string of the molecule is CCCCC1CSC(c2ccc(Br)cc2)SC1. The fourth-order valence-corrected chi connectivity index (χ4v) is 5.45. The normalized spacial score (nSPS) is 24.8. The molecule has 0 unspecified atom stereocenters. The summed E-state index contributed by atoms with van der Waals surface area (Å²) in [5.41, 5.74) is 1.47. The van der Waals surface area contributed by atoms with Crippen LogP contribution in [0, 0.1) is 5.92 Å². The third-order valence-electron chi connectivity index (χ3n) is 3.07. The predicted octanol–water partition coefficient (Wildman–Crippen LogP) is 5.73. The van der Waals surface area contributed by atoms with Crippen LogP contribution in [-0.2, 0) is 0 Å². The van der Waals surface area contributed by atoms with Gasteiger partial charge >= 0.3 is 0 Å². The van der Waals surface area contributed by atoms with Gasteiger partial charge in [0.25, 0.3) is 0 Å². The van der Waals surface area contributed by atoms with Crippen molar-refractivity contribution in [2.24, 2.45) is 5.92 Å². The zero-order chi connectivity index (χ0) is 12.1. The monoisotopic (exact) mass is 330 g/mol. The molecule has 1 aliphatic rings. The topological polar surface area (TPSA) is 0 Å². The van der Waals surface area contributed by atoms with Gasteiger partial charge in [0.2, 0.25) is 0 Å². The molecule has 94 valence electrons. The molecule has 1 fully saturated rings. The molecule has 0 amide bonds. The summed E-state index contributed by atoms with van der Waals surface area (Å²) < 4.78 is 1.83. The van der Waals surface area contributed by atoms with Crippen LogP contribution in [0.4, 0.5) is 0 Å². The molecule has 0 aromatic heterocycles. The Morgan fingerprint density at radius 3 is 2.41 bits per heavy atom. The Morgan fingerprint density at radius 2 is 1.82 bits per heavy atom. The van der Waals surface area contributed by atoms with Crippen molar-refractivity contribution < 1.29 is 0 Å². The average molecular weight is 331 g/mol. The Labute approximate surface area is 121 Å². The molecule has 1 heterocycles. The third kappa shape index (κ3) is 4.22. The van der Waals surface area contributed by atoms with Crippen LogP contribution < -0.4 is 0 Å². The van der Waals surface area contributed by atoms with E-state index in [9.17, 15) is 0 Å². The molecule has 17 heavy (non-hydrogen) atoms. The van der Waals surface area contributed by atoms with Crippen molar-refractivity contribution in [2.75, 3.05) is 11.5 Å². The van der Waals surface area contributed by atoms with Crippen molar-refractivity contribution in [1.82, 2.24) is 0 Å². The quantitative estimate of drug-likeness (QED) is 0.690. The molecule has 0 spiro atoms. The number of unbranched alkanes of at least 4 members (excludes halogenated alkanes) is 1. The lowest BCUT2D eigenvalue weighted by atomic mass is 10.1. The van der Waals surface area contributed by atoms with E-state index in [4.69, 9.17) is 0 Å². The van der Waals surface area contributed by atoms with Gasteiger partial charge in [-0.2, -0.15) is 0 Å². The van der Waals surface area contributed by atoms with Crippen LogP contribution in [0.15, 0.2) is 28.7 Å². The van der Waals surface area contributed by atoms with E-state index in [2.05, 4.69) is 70.6 Å². The van der Waals surface area contributed by atoms with Gasteiger partial charge in [0, 0.05) is 4.47 Å². The summed E-state index contributed by atoms with van der Waals surface area (Å²) >= 11 is 7.75. The van der Waals surface area contributed by atoms with Crippen LogP contribution in [-0.4, -0.2) is 11.5 Å². The summed E-state index contributed by atoms with van der Waals surface area (Å²) in [6.07, 6.45) is 4.15. The van der Waals surface area contributed by atoms with Crippen LogP contribution >= 0.6 is 39.5 Å². The van der Waals surface area contributed by atoms with Crippen LogP contribution in [0.2, 0.25) is 0 Å². The number of hydrogen-bond acceptors (Lipinski definition) is 2. The van der Waals surface area contributed by atoms with Gasteiger partial charge in [0.15, 0.2) is 0 Å². The summed E-state index contributed by atoms with van der Waals surface area (Å²) in [5, 5.41) is 0. The molecule has 0 saturated carbocycles. The zero-order valence-electron chi connectivity index (χ0n) is 10.2. The summed E-state index contributed by atoms with van der Waals surface area (Å²) in [7, 11) is 0. The van der Waals surface area contributed by atoms with Gasteiger partial charge in [-0.3, -0.25) is 0 Å². The summed E-state index contributed by atoms with van der Waals surface area (Å²) in [4.78, 5) is 0. The second kappa shape index (κ2) is 7.10. The Morgan fingerprint density at radius 1 is 1.18 bits per heavy atom. The maximum absolute atomic E-state index is 3.49. The number of rotatable bonds is 4. The molecule has 0 atom stereocenters. The summed E-state index contributed by atoms with van der Waals surface area (Å²) in [6.45, 7) is 2.29. The molecule has 1 aromatic rings. The molecule has 0 N–H and O–H groups in total. The molecule has 0 aliphatic carbocycles. The van der Waals surface area contributed by atoms with E-state index >= 15 is 0 Å². The number of halogens is 1. The van der Waals surface area contributed by atoms with E-state index < -0.39 is 0 Å². The van der Waals surface area contributed by atoms with Gasteiger partial charge < -0.3 is 0 Å². The lowest BCUT2D eigenvalue weighted by Crippen LogP contribution is -2.14. The smallest absolute Gasteiger partial charge is 0.0751 e. The molecule has 0 radical (unpaired) electrons. The Bertz CT molecular complexity index is 329. The van der Waals surface area contributed by atoms with Crippen molar-refractivity contribution in [3.05, 3.63) is 34.3 Å². The van der Waals surface area contributed by atoms with Crippen LogP contribution in [0.1, 0.15) is 36.3 Å². The minimum Gasteiger partial charge on any atom is -0.142 e. The lowest BCUT2D eigenvalue weighted by molar-refractivity contribution is 0.562. The number of thioether (sulfide) groups is 2. The molecule has 3 heteroatoms. The predicted molar refractivity (Wildman–Crippen MR) is 84.8 cm³/mol. The van der Waals surface area contributed by atoms with Gasteiger partial charge in [-0.1, -0.05) is 47.8 Å². The third-order valence-corrected chi connectivity index (χ3v) is 6.90. The first-order valence-electron chi connectivity index (χ1n) is 6.28. The highest BCUT2D eigenvalue weighted by molar-refractivity contribution is 9.10. The first-order chi connectivity index (χ1) is 8.29. The fourth-order valence-electron chi connectivity index (χ4n) is 2.02. The molecule has 1 aromatic carbocycles. The van der Waals surface area contributed by atoms with E-state index in [0.717, 1.165) is 5.92 Å². The Kier molecular flexibility index (Phi) is 5.78. The number of benzene rings is 1. The largest absolute Gasteiger partial charge is 0.142 e. The van der Waals surface area contributed by atoms with Gasteiger partial charge in [0.05, 0.1) is 4.58 Å².